The lowest BCUT2D eigenvalue weighted by Gasteiger charge is -2.40. The molecule has 2 aromatic carbocycles. The lowest BCUT2D eigenvalue weighted by atomic mass is 9.97. The van der Waals surface area contributed by atoms with Gasteiger partial charge in [-0.15, -0.1) is 0 Å². The van der Waals surface area contributed by atoms with Gasteiger partial charge in [-0.05, 0) is 42.7 Å². The fourth-order valence-corrected chi connectivity index (χ4v) is 4.97. The first-order chi connectivity index (χ1) is 16.3. The maximum absolute atomic E-state index is 13.7. The van der Waals surface area contributed by atoms with E-state index in [0.29, 0.717) is 23.9 Å². The summed E-state index contributed by atoms with van der Waals surface area (Å²) in [5, 5.41) is 0. The number of aryl methyl sites for hydroxylation is 1. The van der Waals surface area contributed by atoms with E-state index < -0.39 is 17.5 Å². The van der Waals surface area contributed by atoms with Crippen LogP contribution >= 0.6 is 0 Å². The predicted molar refractivity (Wildman–Crippen MR) is 119 cm³/mol. The van der Waals surface area contributed by atoms with Crippen LogP contribution in [0.1, 0.15) is 30.7 Å². The number of fused-ring (bicyclic) bond motifs is 4. The number of ether oxygens (including phenoxy) is 1. The molecule has 0 N–H and O–H groups in total. The SMILES string of the molecule is COc1cc(N2CC3CCC2CC(=O)N3Cc2cc(F)c(F)c(F)c2)ccc1-c1cnc(C)o1. The number of hydrogen-bond acceptors (Lipinski definition) is 5. The van der Waals surface area contributed by atoms with Crippen LogP contribution in [0.15, 0.2) is 40.9 Å². The van der Waals surface area contributed by atoms with Gasteiger partial charge in [0.25, 0.3) is 0 Å². The monoisotopic (exact) mass is 471 g/mol. The number of carbonyl (C=O) groups is 1. The van der Waals surface area contributed by atoms with Crippen LogP contribution in [-0.2, 0) is 11.3 Å². The number of oxazole rings is 1. The summed E-state index contributed by atoms with van der Waals surface area (Å²) in [5.41, 5.74) is 1.93. The quantitative estimate of drug-likeness (QED) is 0.498. The number of carbonyl (C=O) groups excluding carboxylic acids is 1. The molecule has 1 aromatic heterocycles. The second kappa shape index (κ2) is 8.70. The third kappa shape index (κ3) is 3.99. The molecule has 3 aliphatic rings. The number of halogens is 3. The van der Waals surface area contributed by atoms with Gasteiger partial charge in [-0.3, -0.25) is 4.79 Å². The zero-order valence-corrected chi connectivity index (χ0v) is 18.9. The van der Waals surface area contributed by atoms with Crippen LogP contribution in [0.25, 0.3) is 11.3 Å². The fraction of sp³-hybridized carbons (Fsp3) is 0.360. The molecule has 9 heteroatoms. The Bertz CT molecular complexity index is 1220. The van der Waals surface area contributed by atoms with Crippen molar-refractivity contribution < 1.29 is 27.1 Å². The van der Waals surface area contributed by atoms with Crippen LogP contribution in [0.2, 0.25) is 0 Å². The summed E-state index contributed by atoms with van der Waals surface area (Å²) in [7, 11) is 1.59. The molecule has 3 aliphatic heterocycles. The van der Waals surface area contributed by atoms with Gasteiger partial charge in [0, 0.05) is 50.3 Å². The number of hydrogen-bond donors (Lipinski definition) is 0. The second-order valence-electron chi connectivity index (χ2n) is 8.76. The van der Waals surface area contributed by atoms with Crippen molar-refractivity contribution in [3.8, 4) is 17.1 Å². The molecule has 1 amide bonds. The van der Waals surface area contributed by atoms with E-state index in [2.05, 4.69) is 9.88 Å². The first kappa shape index (κ1) is 22.3. The highest BCUT2D eigenvalue weighted by Crippen LogP contribution is 2.38. The minimum atomic E-state index is -1.50. The third-order valence-corrected chi connectivity index (χ3v) is 6.65. The zero-order chi connectivity index (χ0) is 24.0. The molecule has 178 valence electrons. The average molecular weight is 471 g/mol. The van der Waals surface area contributed by atoms with E-state index in [0.717, 1.165) is 36.2 Å². The lowest BCUT2D eigenvalue weighted by Crippen LogP contribution is -2.47. The molecular weight excluding hydrogens is 447 g/mol. The van der Waals surface area contributed by atoms with E-state index in [-0.39, 0.29) is 36.5 Å². The predicted octanol–water partition coefficient (Wildman–Crippen LogP) is 4.85. The number of amides is 1. The Hall–Kier alpha value is -3.49. The largest absolute Gasteiger partial charge is 0.496 e. The summed E-state index contributed by atoms with van der Waals surface area (Å²) in [5.74, 6) is -2.29. The van der Waals surface area contributed by atoms with Crippen molar-refractivity contribution in [3.05, 3.63) is 65.4 Å². The molecule has 3 aromatic rings. The summed E-state index contributed by atoms with van der Waals surface area (Å²) in [4.78, 5) is 21.1. The topological polar surface area (TPSA) is 58.8 Å². The number of methoxy groups -OCH3 is 1. The lowest BCUT2D eigenvalue weighted by molar-refractivity contribution is -0.132. The van der Waals surface area contributed by atoms with Crippen molar-refractivity contribution in [2.45, 2.75) is 44.8 Å². The smallest absolute Gasteiger partial charge is 0.225 e. The van der Waals surface area contributed by atoms with Gasteiger partial charge in [-0.2, -0.15) is 0 Å². The van der Waals surface area contributed by atoms with Crippen molar-refractivity contribution in [1.29, 1.82) is 0 Å². The van der Waals surface area contributed by atoms with Gasteiger partial charge in [0.15, 0.2) is 29.1 Å². The second-order valence-corrected chi connectivity index (χ2v) is 8.76. The molecule has 0 spiro atoms. The van der Waals surface area contributed by atoms with Crippen LogP contribution in [0.4, 0.5) is 18.9 Å². The van der Waals surface area contributed by atoms with Gasteiger partial charge in [0.2, 0.25) is 5.91 Å². The summed E-state index contributed by atoms with van der Waals surface area (Å²) >= 11 is 0. The first-order valence-corrected chi connectivity index (χ1v) is 11.1. The highest BCUT2D eigenvalue weighted by Gasteiger charge is 2.40. The van der Waals surface area contributed by atoms with Crippen molar-refractivity contribution in [3.63, 3.8) is 0 Å². The van der Waals surface area contributed by atoms with Gasteiger partial charge in [-0.25, -0.2) is 18.2 Å². The maximum Gasteiger partial charge on any atom is 0.225 e. The summed E-state index contributed by atoms with van der Waals surface area (Å²) in [6.45, 7) is 2.38. The third-order valence-electron chi connectivity index (χ3n) is 6.65. The molecule has 6 rings (SSSR count). The molecule has 2 atom stereocenters. The van der Waals surface area contributed by atoms with E-state index in [1.807, 2.05) is 18.2 Å². The average Bonchev–Trinajstić information content (AvgIpc) is 3.15. The Morgan fingerprint density at radius 2 is 1.85 bits per heavy atom. The van der Waals surface area contributed by atoms with Gasteiger partial charge in [0.1, 0.15) is 5.75 Å². The van der Waals surface area contributed by atoms with Gasteiger partial charge >= 0.3 is 0 Å². The highest BCUT2D eigenvalue weighted by atomic mass is 19.2. The minimum absolute atomic E-state index is 0.00137. The van der Waals surface area contributed by atoms with Crippen molar-refractivity contribution in [2.24, 2.45) is 0 Å². The first-order valence-electron chi connectivity index (χ1n) is 11.1. The van der Waals surface area contributed by atoms with E-state index >= 15 is 0 Å². The number of benzene rings is 2. The normalized spacial score (nSPS) is 20.1. The molecule has 2 unspecified atom stereocenters. The number of rotatable bonds is 5. The Kier molecular flexibility index (Phi) is 5.71. The molecule has 2 bridgehead atoms. The van der Waals surface area contributed by atoms with Crippen LogP contribution in [0.5, 0.6) is 5.75 Å². The molecule has 34 heavy (non-hydrogen) atoms. The molecule has 3 saturated heterocycles. The number of nitrogens with zero attached hydrogens (tertiary/aromatic N) is 3. The molecule has 0 saturated carbocycles. The summed E-state index contributed by atoms with van der Waals surface area (Å²) in [6, 6.07) is 7.58. The van der Waals surface area contributed by atoms with Crippen molar-refractivity contribution >= 4 is 11.6 Å². The Morgan fingerprint density at radius 3 is 2.53 bits per heavy atom. The fourth-order valence-electron chi connectivity index (χ4n) is 4.97. The van der Waals surface area contributed by atoms with Gasteiger partial charge in [-0.1, -0.05) is 0 Å². The number of aromatic nitrogens is 1. The summed E-state index contributed by atoms with van der Waals surface area (Å²) in [6.07, 6.45) is 3.53. The highest BCUT2D eigenvalue weighted by molar-refractivity contribution is 5.79. The van der Waals surface area contributed by atoms with E-state index in [9.17, 15) is 18.0 Å². The molecule has 3 fully saturated rings. The van der Waals surface area contributed by atoms with Crippen molar-refractivity contribution in [2.75, 3.05) is 18.6 Å². The Labute approximate surface area is 194 Å². The van der Waals surface area contributed by atoms with Crippen LogP contribution in [0, 0.1) is 24.4 Å². The summed E-state index contributed by atoms with van der Waals surface area (Å²) < 4.78 is 52.1. The number of anilines is 1. The molecule has 0 aliphatic carbocycles. The zero-order valence-electron chi connectivity index (χ0n) is 18.9. The van der Waals surface area contributed by atoms with Crippen molar-refractivity contribution in [1.82, 2.24) is 9.88 Å². The van der Waals surface area contributed by atoms with Crippen LogP contribution in [-0.4, -0.2) is 41.5 Å². The van der Waals surface area contributed by atoms with Gasteiger partial charge < -0.3 is 19.0 Å². The maximum atomic E-state index is 13.7. The minimum Gasteiger partial charge on any atom is -0.496 e. The molecule has 0 radical (unpaired) electrons. The van der Waals surface area contributed by atoms with E-state index in [1.54, 1.807) is 25.1 Å². The standard InChI is InChI=1S/C25H24F3N3O3/c1-14-29-11-23(34-14)19-6-5-16(9-22(19)33-2)30-13-18-4-3-17(30)10-24(32)31(18)12-15-7-20(26)25(28)21(27)8-15/h5-9,11,17-18H,3-4,10,12-13H2,1-2H3. The Balaban J connectivity index is 1.41. The molecule has 4 heterocycles. The molecule has 6 nitrogen and oxygen atoms in total. The molecular formula is C25H24F3N3O3. The number of piperidine rings is 1. The van der Waals surface area contributed by atoms with Crippen LogP contribution < -0.4 is 9.64 Å². The van der Waals surface area contributed by atoms with Gasteiger partial charge in [0.05, 0.1) is 18.9 Å². The Morgan fingerprint density at radius 1 is 1.12 bits per heavy atom. The van der Waals surface area contributed by atoms with E-state index in [4.69, 9.17) is 9.15 Å². The van der Waals surface area contributed by atoms with E-state index in [1.165, 1.54) is 0 Å². The van der Waals surface area contributed by atoms with Crippen LogP contribution in [0.3, 0.4) is 0 Å².